The van der Waals surface area contributed by atoms with Crippen LogP contribution >= 0.6 is 11.6 Å². The molecule has 1 rings (SSSR count). The molecule has 0 saturated heterocycles. The highest BCUT2D eigenvalue weighted by molar-refractivity contribution is 6.17. The van der Waals surface area contributed by atoms with Gasteiger partial charge in [-0.1, -0.05) is 0 Å². The molecule has 90 valence electrons. The zero-order valence-electron chi connectivity index (χ0n) is 8.28. The fourth-order valence-corrected chi connectivity index (χ4v) is 1.42. The van der Waals surface area contributed by atoms with Gasteiger partial charge in [0.05, 0.1) is 11.6 Å². The maximum Gasteiger partial charge on any atom is 0.387 e. The van der Waals surface area contributed by atoms with Crippen molar-refractivity contribution in [2.45, 2.75) is 12.5 Å². The number of nitrogens with zero attached hydrogens (tertiary/aromatic N) is 1. The van der Waals surface area contributed by atoms with Crippen LogP contribution in [0.5, 0.6) is 5.75 Å². The van der Waals surface area contributed by atoms with Crippen LogP contribution < -0.4 is 4.74 Å². The molecule has 0 atom stereocenters. The molecule has 0 radical (unpaired) electrons. The van der Waals surface area contributed by atoms with E-state index in [0.29, 0.717) is 0 Å². The Bertz CT molecular complexity index is 485. The van der Waals surface area contributed by atoms with Crippen molar-refractivity contribution < 1.29 is 23.4 Å². The Kier molecular flexibility index (Phi) is 4.24. The van der Waals surface area contributed by atoms with Crippen molar-refractivity contribution >= 4 is 17.6 Å². The van der Waals surface area contributed by atoms with Gasteiger partial charge in [-0.05, 0) is 17.7 Å². The second kappa shape index (κ2) is 5.46. The lowest BCUT2D eigenvalue weighted by atomic mass is 10.0. The number of halogens is 3. The van der Waals surface area contributed by atoms with E-state index in [-0.39, 0.29) is 17.0 Å². The maximum absolute atomic E-state index is 12.1. The zero-order valence-corrected chi connectivity index (χ0v) is 9.04. The first kappa shape index (κ1) is 13.2. The van der Waals surface area contributed by atoms with E-state index in [9.17, 15) is 13.6 Å². The number of ether oxygens (including phenoxy) is 1. The molecule has 0 spiro atoms. The standard InChI is InChI=1S/C10H6ClF2NO3/c11-3-5-2-8(17-10(12)13)7(9(15)16)1-6(5)4-14/h1-2,10H,3H2,(H,15,16). The molecule has 7 heteroatoms. The van der Waals surface area contributed by atoms with E-state index in [1.165, 1.54) is 0 Å². The summed E-state index contributed by atoms with van der Waals surface area (Å²) < 4.78 is 28.2. The number of carbonyl (C=O) groups is 1. The minimum Gasteiger partial charge on any atom is -0.478 e. The van der Waals surface area contributed by atoms with Gasteiger partial charge in [0.25, 0.3) is 0 Å². The molecule has 1 N–H and O–H groups in total. The molecule has 0 aliphatic heterocycles. The smallest absolute Gasteiger partial charge is 0.387 e. The number of nitriles is 1. The van der Waals surface area contributed by atoms with E-state index in [0.717, 1.165) is 12.1 Å². The second-order valence-corrected chi connectivity index (χ2v) is 3.20. The highest BCUT2D eigenvalue weighted by Crippen LogP contribution is 2.26. The zero-order chi connectivity index (χ0) is 13.0. The summed E-state index contributed by atoms with van der Waals surface area (Å²) in [5.41, 5.74) is -0.260. The summed E-state index contributed by atoms with van der Waals surface area (Å²) in [4.78, 5) is 10.8. The van der Waals surface area contributed by atoms with Gasteiger partial charge >= 0.3 is 12.6 Å². The molecule has 17 heavy (non-hydrogen) atoms. The van der Waals surface area contributed by atoms with Crippen molar-refractivity contribution in [3.63, 3.8) is 0 Å². The number of carboxylic acids is 1. The van der Waals surface area contributed by atoms with E-state index in [4.69, 9.17) is 22.0 Å². The molecule has 1 aromatic carbocycles. The SMILES string of the molecule is N#Cc1cc(C(=O)O)c(OC(F)F)cc1CCl. The molecule has 0 saturated carbocycles. The molecular weight excluding hydrogens is 256 g/mol. The van der Waals surface area contributed by atoms with Crippen molar-refractivity contribution in [1.82, 2.24) is 0 Å². The molecule has 0 amide bonds. The Balaban J connectivity index is 3.36. The third-order valence-corrected chi connectivity index (χ3v) is 2.20. The van der Waals surface area contributed by atoms with Crippen molar-refractivity contribution in [3.05, 3.63) is 28.8 Å². The van der Waals surface area contributed by atoms with Gasteiger partial charge in [-0.25, -0.2) is 4.79 Å². The van der Waals surface area contributed by atoms with Gasteiger partial charge in [0.1, 0.15) is 11.3 Å². The lowest BCUT2D eigenvalue weighted by Gasteiger charge is -2.10. The highest BCUT2D eigenvalue weighted by atomic mass is 35.5. The van der Waals surface area contributed by atoms with Crippen molar-refractivity contribution in [2.24, 2.45) is 0 Å². The lowest BCUT2D eigenvalue weighted by Crippen LogP contribution is -2.09. The Morgan fingerprint density at radius 3 is 2.65 bits per heavy atom. The van der Waals surface area contributed by atoms with Crippen LogP contribution in [-0.2, 0) is 5.88 Å². The Morgan fingerprint density at radius 1 is 1.59 bits per heavy atom. The van der Waals surface area contributed by atoms with E-state index < -0.39 is 23.9 Å². The monoisotopic (exact) mass is 261 g/mol. The topological polar surface area (TPSA) is 70.3 Å². The van der Waals surface area contributed by atoms with Gasteiger partial charge < -0.3 is 9.84 Å². The predicted octanol–water partition coefficient (Wildman–Crippen LogP) is 2.60. The van der Waals surface area contributed by atoms with Crippen molar-refractivity contribution in [3.8, 4) is 11.8 Å². The molecule has 0 fully saturated rings. The summed E-state index contributed by atoms with van der Waals surface area (Å²) in [6, 6.07) is 3.72. The van der Waals surface area contributed by atoms with Crippen LogP contribution in [0.1, 0.15) is 21.5 Å². The molecule has 0 bridgehead atoms. The fraction of sp³-hybridized carbons (Fsp3) is 0.200. The fourth-order valence-electron chi connectivity index (χ4n) is 1.20. The lowest BCUT2D eigenvalue weighted by molar-refractivity contribution is -0.0503. The quantitative estimate of drug-likeness (QED) is 0.846. The second-order valence-electron chi connectivity index (χ2n) is 2.93. The first-order valence-corrected chi connectivity index (χ1v) is 4.84. The van der Waals surface area contributed by atoms with Gasteiger partial charge in [0.15, 0.2) is 0 Å². The van der Waals surface area contributed by atoms with E-state index >= 15 is 0 Å². The highest BCUT2D eigenvalue weighted by Gasteiger charge is 2.18. The third kappa shape index (κ3) is 3.04. The van der Waals surface area contributed by atoms with Gasteiger partial charge in [-0.15, -0.1) is 11.6 Å². The van der Waals surface area contributed by atoms with E-state index in [2.05, 4.69) is 4.74 Å². The molecule has 0 aliphatic rings. The van der Waals surface area contributed by atoms with Gasteiger partial charge in [0, 0.05) is 5.88 Å². The summed E-state index contributed by atoms with van der Waals surface area (Å²) in [5.74, 6) is -2.08. The first-order chi connectivity index (χ1) is 7.99. The van der Waals surface area contributed by atoms with E-state index in [1.807, 2.05) is 0 Å². The molecule has 1 aromatic rings. The normalized spacial score (nSPS) is 10.1. The molecule has 0 unspecified atom stereocenters. The Hall–Kier alpha value is -1.87. The third-order valence-electron chi connectivity index (χ3n) is 1.92. The summed E-state index contributed by atoms with van der Waals surface area (Å²) in [5, 5.41) is 17.5. The van der Waals surface area contributed by atoms with Crippen LogP contribution in [0, 0.1) is 11.3 Å². The molecular formula is C10H6ClF2NO3. The number of benzene rings is 1. The summed E-state index contributed by atoms with van der Waals surface area (Å²) in [6.45, 7) is -3.15. The van der Waals surface area contributed by atoms with Crippen LogP contribution in [0.15, 0.2) is 12.1 Å². The minimum absolute atomic E-state index is 0.0130. The summed E-state index contributed by atoms with van der Waals surface area (Å²) >= 11 is 5.51. The molecule has 0 heterocycles. The van der Waals surface area contributed by atoms with E-state index in [1.54, 1.807) is 6.07 Å². The molecule has 0 aromatic heterocycles. The number of hydrogen-bond donors (Lipinski definition) is 1. The Morgan fingerprint density at radius 2 is 2.24 bits per heavy atom. The number of alkyl halides is 3. The number of hydrogen-bond acceptors (Lipinski definition) is 3. The van der Waals surface area contributed by atoms with Gasteiger partial charge in [0.2, 0.25) is 0 Å². The van der Waals surface area contributed by atoms with Crippen LogP contribution in [0.25, 0.3) is 0 Å². The number of carboxylic acid groups (broad SMARTS) is 1. The Labute approximate surface area is 100.0 Å². The number of aromatic carboxylic acids is 1. The van der Waals surface area contributed by atoms with Crippen LogP contribution in [0.2, 0.25) is 0 Å². The van der Waals surface area contributed by atoms with Gasteiger partial charge in [-0.3, -0.25) is 0 Å². The van der Waals surface area contributed by atoms with Gasteiger partial charge in [-0.2, -0.15) is 14.0 Å². The molecule has 0 aliphatic carbocycles. The van der Waals surface area contributed by atoms with Crippen molar-refractivity contribution in [1.29, 1.82) is 5.26 Å². The molecule has 4 nitrogen and oxygen atoms in total. The van der Waals surface area contributed by atoms with Crippen LogP contribution in [0.4, 0.5) is 8.78 Å². The predicted molar refractivity (Wildman–Crippen MR) is 54.3 cm³/mol. The van der Waals surface area contributed by atoms with Crippen molar-refractivity contribution in [2.75, 3.05) is 0 Å². The summed E-state index contributed by atoms with van der Waals surface area (Å²) in [6.07, 6.45) is 0. The maximum atomic E-state index is 12.1. The minimum atomic E-state index is -3.15. The largest absolute Gasteiger partial charge is 0.478 e. The first-order valence-electron chi connectivity index (χ1n) is 4.30. The number of rotatable bonds is 4. The van der Waals surface area contributed by atoms with Crippen LogP contribution in [0.3, 0.4) is 0 Å². The van der Waals surface area contributed by atoms with Crippen LogP contribution in [-0.4, -0.2) is 17.7 Å². The summed E-state index contributed by atoms with van der Waals surface area (Å²) in [7, 11) is 0. The average molecular weight is 262 g/mol. The average Bonchev–Trinajstić information content (AvgIpc) is 2.27.